The smallest absolute Gasteiger partial charge is 0.168 e. The average Bonchev–Trinajstić information content (AvgIpc) is 3.23. The Morgan fingerprint density at radius 3 is 2.85 bits per heavy atom. The molecule has 1 aliphatic heterocycles. The zero-order valence-corrected chi connectivity index (χ0v) is 13.8. The van der Waals surface area contributed by atoms with Crippen molar-refractivity contribution in [1.82, 2.24) is 19.7 Å². The normalized spacial score (nSPS) is 19.8. The fourth-order valence-electron chi connectivity index (χ4n) is 2.98. The van der Waals surface area contributed by atoms with E-state index in [1.54, 1.807) is 22.7 Å². The van der Waals surface area contributed by atoms with Crippen LogP contribution in [0, 0.1) is 11.6 Å². The molecule has 1 fully saturated rings. The van der Waals surface area contributed by atoms with Crippen LogP contribution >= 0.6 is 0 Å². The predicted octanol–water partition coefficient (Wildman–Crippen LogP) is 2.40. The maximum absolute atomic E-state index is 14.4. The zero-order valence-electron chi connectivity index (χ0n) is 13.8. The second-order valence-corrected chi connectivity index (χ2v) is 6.01. The SMILES string of the molecule is COc1ccn2c(-c3nc(N[C@H]4CNC[C@@H]4F)c(F)cc3F)cnc2c1. The number of ether oxygens (including phenoxy) is 1. The molecule has 0 unspecified atom stereocenters. The van der Waals surface area contributed by atoms with Gasteiger partial charge in [-0.2, -0.15) is 0 Å². The van der Waals surface area contributed by atoms with Gasteiger partial charge in [-0.15, -0.1) is 0 Å². The molecule has 4 heterocycles. The molecule has 0 aliphatic carbocycles. The maximum atomic E-state index is 14.4. The van der Waals surface area contributed by atoms with Gasteiger partial charge >= 0.3 is 0 Å². The molecule has 26 heavy (non-hydrogen) atoms. The van der Waals surface area contributed by atoms with Crippen LogP contribution in [0.5, 0.6) is 5.75 Å². The highest BCUT2D eigenvalue weighted by Gasteiger charge is 2.28. The topological polar surface area (TPSA) is 63.5 Å². The summed E-state index contributed by atoms with van der Waals surface area (Å²) in [7, 11) is 1.53. The summed E-state index contributed by atoms with van der Waals surface area (Å²) in [5.41, 5.74) is 0.806. The Hall–Kier alpha value is -2.81. The molecule has 3 aromatic heterocycles. The molecule has 6 nitrogen and oxygen atoms in total. The highest BCUT2D eigenvalue weighted by atomic mass is 19.1. The third kappa shape index (κ3) is 2.84. The number of rotatable bonds is 4. The van der Waals surface area contributed by atoms with Crippen LogP contribution < -0.4 is 15.4 Å². The van der Waals surface area contributed by atoms with Gasteiger partial charge in [0.2, 0.25) is 0 Å². The molecule has 0 amide bonds. The molecule has 0 spiro atoms. The van der Waals surface area contributed by atoms with Gasteiger partial charge < -0.3 is 15.4 Å². The number of hydrogen-bond donors (Lipinski definition) is 2. The number of fused-ring (bicyclic) bond motifs is 1. The number of hydrogen-bond acceptors (Lipinski definition) is 5. The number of imidazole rings is 1. The number of nitrogens with one attached hydrogen (secondary N) is 2. The van der Waals surface area contributed by atoms with E-state index in [1.807, 2.05) is 0 Å². The molecule has 0 bridgehead atoms. The number of pyridine rings is 2. The van der Waals surface area contributed by atoms with Crippen molar-refractivity contribution in [3.05, 3.63) is 42.2 Å². The summed E-state index contributed by atoms with van der Waals surface area (Å²) >= 11 is 0. The standard InChI is InChI=1S/C17H16F3N5O/c1-26-9-2-3-25-14(8-22-15(25)4-9)16-10(18)5-11(19)17(24-16)23-13-7-21-6-12(13)20/h2-5,8,12-13,21H,6-7H2,1H3,(H,23,24)/t12-,13-/m0/s1. The summed E-state index contributed by atoms with van der Waals surface area (Å²) in [6.07, 6.45) is 1.93. The number of nitrogens with zero attached hydrogens (tertiary/aromatic N) is 3. The number of alkyl halides is 1. The van der Waals surface area contributed by atoms with E-state index >= 15 is 0 Å². The van der Waals surface area contributed by atoms with Gasteiger partial charge in [-0.1, -0.05) is 0 Å². The Balaban J connectivity index is 1.75. The van der Waals surface area contributed by atoms with E-state index in [0.717, 1.165) is 6.07 Å². The first-order chi connectivity index (χ1) is 12.6. The number of halogens is 3. The van der Waals surface area contributed by atoms with E-state index in [-0.39, 0.29) is 18.1 Å². The Bertz CT molecular complexity index is 961. The Kier molecular flexibility index (Phi) is 4.15. The summed E-state index contributed by atoms with van der Waals surface area (Å²) in [6, 6.07) is 3.49. The molecule has 4 rings (SSSR count). The van der Waals surface area contributed by atoms with E-state index in [1.165, 1.54) is 13.3 Å². The molecule has 136 valence electrons. The largest absolute Gasteiger partial charge is 0.497 e. The maximum Gasteiger partial charge on any atom is 0.168 e. The summed E-state index contributed by atoms with van der Waals surface area (Å²) in [5.74, 6) is -1.29. The Morgan fingerprint density at radius 1 is 1.27 bits per heavy atom. The van der Waals surface area contributed by atoms with Crippen LogP contribution in [0.25, 0.3) is 17.0 Å². The van der Waals surface area contributed by atoms with Crippen molar-refractivity contribution >= 4 is 11.5 Å². The van der Waals surface area contributed by atoms with E-state index in [0.29, 0.717) is 23.6 Å². The molecule has 1 saturated heterocycles. The number of aromatic nitrogens is 3. The highest BCUT2D eigenvalue weighted by molar-refractivity contribution is 5.63. The molecule has 2 atom stereocenters. The summed E-state index contributed by atoms with van der Waals surface area (Å²) < 4.78 is 49.0. The fourth-order valence-corrected chi connectivity index (χ4v) is 2.98. The minimum atomic E-state index is -1.17. The van der Waals surface area contributed by atoms with Gasteiger partial charge in [0.05, 0.1) is 25.0 Å². The molecule has 9 heteroatoms. The summed E-state index contributed by atoms with van der Waals surface area (Å²) in [5, 5.41) is 5.58. The lowest BCUT2D eigenvalue weighted by Crippen LogP contribution is -2.30. The van der Waals surface area contributed by atoms with Crippen LogP contribution in [0.4, 0.5) is 19.0 Å². The first-order valence-corrected chi connectivity index (χ1v) is 8.05. The molecule has 0 saturated carbocycles. The summed E-state index contributed by atoms with van der Waals surface area (Å²) in [6.45, 7) is 0.521. The molecule has 2 N–H and O–H groups in total. The first-order valence-electron chi connectivity index (χ1n) is 8.05. The molecule has 1 aliphatic rings. The lowest BCUT2D eigenvalue weighted by molar-refractivity contribution is 0.341. The van der Waals surface area contributed by atoms with Crippen molar-refractivity contribution in [3.8, 4) is 17.1 Å². The van der Waals surface area contributed by atoms with E-state index in [9.17, 15) is 13.2 Å². The van der Waals surface area contributed by atoms with Crippen molar-refractivity contribution in [1.29, 1.82) is 0 Å². The van der Waals surface area contributed by atoms with Crippen molar-refractivity contribution < 1.29 is 17.9 Å². The molecule has 0 radical (unpaired) electrons. The van der Waals surface area contributed by atoms with Crippen molar-refractivity contribution in [2.45, 2.75) is 12.2 Å². The van der Waals surface area contributed by atoms with Gasteiger partial charge in [-0.05, 0) is 6.07 Å². The van der Waals surface area contributed by atoms with E-state index in [2.05, 4.69) is 20.6 Å². The zero-order chi connectivity index (χ0) is 18.3. The van der Waals surface area contributed by atoms with Crippen LogP contribution in [-0.2, 0) is 0 Å². The molecular weight excluding hydrogens is 347 g/mol. The van der Waals surface area contributed by atoms with Gasteiger partial charge in [-0.3, -0.25) is 4.40 Å². The van der Waals surface area contributed by atoms with Crippen LogP contribution in [0.3, 0.4) is 0 Å². The average molecular weight is 363 g/mol. The van der Waals surface area contributed by atoms with Crippen molar-refractivity contribution in [3.63, 3.8) is 0 Å². The molecule has 0 aromatic carbocycles. The fraction of sp³-hybridized carbons (Fsp3) is 0.294. The lowest BCUT2D eigenvalue weighted by atomic mass is 10.2. The number of anilines is 1. The van der Waals surface area contributed by atoms with Gasteiger partial charge in [-0.25, -0.2) is 23.1 Å². The molecular formula is C17H16F3N5O. The van der Waals surface area contributed by atoms with Crippen LogP contribution in [0.2, 0.25) is 0 Å². The molecule has 3 aromatic rings. The van der Waals surface area contributed by atoms with Gasteiger partial charge in [0.1, 0.15) is 23.3 Å². The Morgan fingerprint density at radius 2 is 2.12 bits per heavy atom. The minimum absolute atomic E-state index is 0.0760. The van der Waals surface area contributed by atoms with Gasteiger partial charge in [0, 0.05) is 31.4 Å². The summed E-state index contributed by atoms with van der Waals surface area (Å²) in [4.78, 5) is 8.26. The van der Waals surface area contributed by atoms with Crippen molar-refractivity contribution in [2.24, 2.45) is 0 Å². The third-order valence-corrected chi connectivity index (χ3v) is 4.35. The number of methoxy groups -OCH3 is 1. The second-order valence-electron chi connectivity index (χ2n) is 6.01. The highest BCUT2D eigenvalue weighted by Crippen LogP contribution is 2.27. The van der Waals surface area contributed by atoms with Crippen LogP contribution in [0.1, 0.15) is 0 Å². The quantitative estimate of drug-likeness (QED) is 0.745. The van der Waals surface area contributed by atoms with Crippen LogP contribution in [0.15, 0.2) is 30.6 Å². The Labute approximate surface area is 147 Å². The monoisotopic (exact) mass is 363 g/mol. The van der Waals surface area contributed by atoms with Gasteiger partial charge in [0.25, 0.3) is 0 Å². The third-order valence-electron chi connectivity index (χ3n) is 4.35. The van der Waals surface area contributed by atoms with E-state index in [4.69, 9.17) is 4.74 Å². The first kappa shape index (κ1) is 16.6. The lowest BCUT2D eigenvalue weighted by Gasteiger charge is -2.16. The predicted molar refractivity (Wildman–Crippen MR) is 90.1 cm³/mol. The second kappa shape index (κ2) is 6.49. The minimum Gasteiger partial charge on any atom is -0.497 e. The van der Waals surface area contributed by atoms with E-state index < -0.39 is 23.8 Å². The van der Waals surface area contributed by atoms with Crippen molar-refractivity contribution in [2.75, 3.05) is 25.5 Å². The van der Waals surface area contributed by atoms with Gasteiger partial charge in [0.15, 0.2) is 17.5 Å². The van der Waals surface area contributed by atoms with Crippen LogP contribution in [-0.4, -0.2) is 46.8 Å².